The maximum atomic E-state index is 13.1. The zero-order chi connectivity index (χ0) is 15.1. The third kappa shape index (κ3) is 8.68. The number of methoxy groups -OCH3 is 1. The van der Waals surface area contributed by atoms with Crippen molar-refractivity contribution in [3.8, 4) is 0 Å². The molecule has 0 heterocycles. The number of benzene rings is 1. The molecule has 0 radical (unpaired) electrons. The van der Waals surface area contributed by atoms with E-state index in [1.54, 1.807) is 19.1 Å². The largest absolute Gasteiger partial charge is 0.469 e. The Kier molecular flexibility index (Phi) is 7.81. The fraction of sp³-hybridized carbons (Fsp3) is 0.364. The number of alkyl halides is 1. The molecule has 0 saturated heterocycles. The SMILES string of the molecule is COC(=O)Cc1ccc(C)cc1F.NS(=O)(=O)CBr. The first-order valence-electron chi connectivity index (χ1n) is 5.08. The molecule has 0 atom stereocenters. The van der Waals surface area contributed by atoms with Gasteiger partial charge in [-0.1, -0.05) is 28.1 Å². The molecule has 0 saturated carbocycles. The Labute approximate surface area is 120 Å². The number of ether oxygens (including phenoxy) is 1. The first kappa shape index (κ1) is 18.0. The predicted molar refractivity (Wildman–Crippen MR) is 73.8 cm³/mol. The minimum Gasteiger partial charge on any atom is -0.469 e. The lowest BCUT2D eigenvalue weighted by Crippen LogP contribution is -2.11. The Hall–Kier alpha value is -0.990. The highest BCUT2D eigenvalue weighted by molar-refractivity contribution is 9.10. The van der Waals surface area contributed by atoms with Crippen LogP contribution in [0.2, 0.25) is 0 Å². The van der Waals surface area contributed by atoms with E-state index in [2.05, 4.69) is 25.8 Å². The molecule has 0 aliphatic heterocycles. The van der Waals surface area contributed by atoms with E-state index in [9.17, 15) is 17.6 Å². The van der Waals surface area contributed by atoms with Gasteiger partial charge in [0.2, 0.25) is 10.0 Å². The van der Waals surface area contributed by atoms with Gasteiger partial charge >= 0.3 is 5.97 Å². The third-order valence-corrected chi connectivity index (χ3v) is 4.14. The van der Waals surface area contributed by atoms with Crippen LogP contribution in [-0.4, -0.2) is 26.2 Å². The van der Waals surface area contributed by atoms with Crippen LogP contribution in [0.3, 0.4) is 0 Å². The summed E-state index contributed by atoms with van der Waals surface area (Å²) in [5.41, 5.74) is 1.21. The summed E-state index contributed by atoms with van der Waals surface area (Å²) in [6, 6.07) is 4.77. The second kappa shape index (κ2) is 8.23. The molecule has 0 bridgehead atoms. The van der Waals surface area contributed by atoms with Crippen LogP contribution >= 0.6 is 15.9 Å². The van der Waals surface area contributed by atoms with E-state index in [1.165, 1.54) is 13.2 Å². The summed E-state index contributed by atoms with van der Waals surface area (Å²) in [6.45, 7) is 1.80. The number of halogens is 2. The standard InChI is InChI=1S/C10H11FO2.CH4BrNO2S/c1-7-3-4-8(9(11)5-7)6-10(12)13-2;2-1-6(3,4)5/h3-5H,6H2,1-2H3;1H2,(H2,3,4,5). The number of hydrogen-bond donors (Lipinski definition) is 1. The summed E-state index contributed by atoms with van der Waals surface area (Å²) in [4.78, 5) is 10.8. The molecule has 0 aliphatic rings. The van der Waals surface area contributed by atoms with Crippen molar-refractivity contribution >= 4 is 31.9 Å². The minimum absolute atomic E-state index is 0.0113. The van der Waals surface area contributed by atoms with Crippen LogP contribution in [0.25, 0.3) is 0 Å². The van der Waals surface area contributed by atoms with Crippen molar-refractivity contribution in [1.29, 1.82) is 0 Å². The Morgan fingerprint density at radius 1 is 1.47 bits per heavy atom. The summed E-state index contributed by atoms with van der Waals surface area (Å²) in [5.74, 6) is -0.784. The second-order valence-electron chi connectivity index (χ2n) is 3.62. The van der Waals surface area contributed by atoms with Crippen molar-refractivity contribution in [3.05, 3.63) is 35.1 Å². The average Bonchev–Trinajstić information content (AvgIpc) is 2.32. The van der Waals surface area contributed by atoms with E-state index < -0.39 is 16.0 Å². The molecule has 0 amide bonds. The molecule has 0 aliphatic carbocycles. The van der Waals surface area contributed by atoms with Gasteiger partial charge < -0.3 is 4.74 Å². The highest BCUT2D eigenvalue weighted by atomic mass is 79.9. The lowest BCUT2D eigenvalue weighted by molar-refractivity contribution is -0.139. The second-order valence-corrected chi connectivity index (χ2v) is 6.54. The van der Waals surface area contributed by atoms with Crippen molar-refractivity contribution in [3.63, 3.8) is 0 Å². The highest BCUT2D eigenvalue weighted by Gasteiger charge is 2.07. The molecular weight excluding hydrogens is 341 g/mol. The summed E-state index contributed by atoms with van der Waals surface area (Å²) >= 11 is 2.66. The molecule has 5 nitrogen and oxygen atoms in total. The molecule has 1 aromatic carbocycles. The molecular formula is C11H15BrFNO4S. The zero-order valence-electron chi connectivity index (χ0n) is 10.5. The molecule has 19 heavy (non-hydrogen) atoms. The van der Waals surface area contributed by atoms with Gasteiger partial charge in [-0.05, 0) is 24.1 Å². The number of carbonyl (C=O) groups excluding carboxylic acids is 1. The van der Waals surface area contributed by atoms with Gasteiger partial charge in [0.25, 0.3) is 0 Å². The van der Waals surface area contributed by atoms with E-state index in [4.69, 9.17) is 0 Å². The number of primary sulfonamides is 1. The Morgan fingerprint density at radius 3 is 2.37 bits per heavy atom. The number of carbonyl (C=O) groups is 1. The fourth-order valence-corrected chi connectivity index (χ4v) is 1.02. The molecule has 2 N–H and O–H groups in total. The van der Waals surface area contributed by atoms with Gasteiger partial charge in [0, 0.05) is 0 Å². The predicted octanol–water partition coefficient (Wildman–Crippen LogP) is 1.48. The van der Waals surface area contributed by atoms with Crippen LogP contribution in [0.5, 0.6) is 0 Å². The number of sulfonamides is 1. The number of hydrogen-bond acceptors (Lipinski definition) is 4. The number of aryl methyl sites for hydroxylation is 1. The van der Waals surface area contributed by atoms with Gasteiger partial charge in [0.1, 0.15) is 10.5 Å². The number of nitrogens with two attached hydrogens (primary N) is 1. The summed E-state index contributed by atoms with van der Waals surface area (Å²) in [5, 5.41) is 4.46. The van der Waals surface area contributed by atoms with Crippen LogP contribution in [-0.2, 0) is 26.0 Å². The molecule has 0 unspecified atom stereocenters. The highest BCUT2D eigenvalue weighted by Crippen LogP contribution is 2.10. The Morgan fingerprint density at radius 2 is 2.00 bits per heavy atom. The minimum atomic E-state index is -3.25. The van der Waals surface area contributed by atoms with Crippen LogP contribution in [0.4, 0.5) is 4.39 Å². The van der Waals surface area contributed by atoms with Crippen molar-refractivity contribution in [1.82, 2.24) is 0 Å². The van der Waals surface area contributed by atoms with Crippen molar-refractivity contribution in [2.24, 2.45) is 5.14 Å². The first-order valence-corrected chi connectivity index (χ1v) is 7.91. The van der Waals surface area contributed by atoms with Gasteiger partial charge in [-0.15, -0.1) is 0 Å². The van der Waals surface area contributed by atoms with E-state index in [0.717, 1.165) is 5.56 Å². The van der Waals surface area contributed by atoms with Gasteiger partial charge in [0.05, 0.1) is 13.5 Å². The maximum absolute atomic E-state index is 13.1. The third-order valence-electron chi connectivity index (χ3n) is 1.92. The lowest BCUT2D eigenvalue weighted by atomic mass is 10.1. The topological polar surface area (TPSA) is 86.5 Å². The normalized spacial score (nSPS) is 10.4. The fourth-order valence-electron chi connectivity index (χ4n) is 1.02. The van der Waals surface area contributed by atoms with Crippen LogP contribution in [0.1, 0.15) is 11.1 Å². The summed E-state index contributed by atoms with van der Waals surface area (Å²) < 4.78 is 36.9. The first-order chi connectivity index (χ1) is 8.69. The molecule has 1 aromatic rings. The molecule has 1 rings (SSSR count). The molecule has 108 valence electrons. The smallest absolute Gasteiger partial charge is 0.310 e. The van der Waals surface area contributed by atoms with E-state index in [-0.39, 0.29) is 16.9 Å². The molecule has 8 heteroatoms. The summed E-state index contributed by atoms with van der Waals surface area (Å²) in [7, 11) is -1.96. The van der Waals surface area contributed by atoms with E-state index >= 15 is 0 Å². The van der Waals surface area contributed by atoms with E-state index in [1.807, 2.05) is 0 Å². The van der Waals surface area contributed by atoms with Crippen LogP contribution in [0, 0.1) is 12.7 Å². The van der Waals surface area contributed by atoms with Gasteiger partial charge in [-0.3, -0.25) is 4.79 Å². The molecule has 0 fully saturated rings. The van der Waals surface area contributed by atoms with Gasteiger partial charge in [-0.25, -0.2) is 17.9 Å². The van der Waals surface area contributed by atoms with Crippen molar-refractivity contribution < 1.29 is 22.3 Å². The monoisotopic (exact) mass is 355 g/mol. The quantitative estimate of drug-likeness (QED) is 0.657. The maximum Gasteiger partial charge on any atom is 0.310 e. The molecule has 0 aromatic heterocycles. The zero-order valence-corrected chi connectivity index (χ0v) is 12.9. The van der Waals surface area contributed by atoms with Crippen LogP contribution < -0.4 is 5.14 Å². The summed E-state index contributed by atoms with van der Waals surface area (Å²) in [6.07, 6.45) is -0.0113. The Bertz CT molecular complexity index is 533. The van der Waals surface area contributed by atoms with Crippen LogP contribution in [0.15, 0.2) is 18.2 Å². The van der Waals surface area contributed by atoms with Crippen molar-refractivity contribution in [2.75, 3.05) is 11.8 Å². The number of rotatable bonds is 3. The van der Waals surface area contributed by atoms with E-state index in [0.29, 0.717) is 5.56 Å². The lowest BCUT2D eigenvalue weighted by Gasteiger charge is -2.02. The van der Waals surface area contributed by atoms with Gasteiger partial charge in [0.15, 0.2) is 0 Å². The van der Waals surface area contributed by atoms with Gasteiger partial charge in [-0.2, -0.15) is 0 Å². The van der Waals surface area contributed by atoms with Crippen molar-refractivity contribution in [2.45, 2.75) is 13.3 Å². The average molecular weight is 356 g/mol. The Balaban J connectivity index is 0.000000459. The number of esters is 1. The molecule has 0 spiro atoms.